The van der Waals surface area contributed by atoms with Crippen LogP contribution >= 0.6 is 11.6 Å². The van der Waals surface area contributed by atoms with Crippen LogP contribution in [0.1, 0.15) is 5.56 Å². The number of nitrogens with zero attached hydrogens (tertiary/aromatic N) is 1. The molecule has 1 amide bonds. The van der Waals surface area contributed by atoms with Crippen molar-refractivity contribution in [2.45, 2.75) is 6.18 Å². The van der Waals surface area contributed by atoms with Gasteiger partial charge in [-0.2, -0.15) is 13.2 Å². The SMILES string of the molecule is N/C(=N/O)C(=O)Nc1cc(C(F)(F)F)ccc1Cl. The van der Waals surface area contributed by atoms with Gasteiger partial charge in [0.2, 0.25) is 5.84 Å². The van der Waals surface area contributed by atoms with Gasteiger partial charge >= 0.3 is 6.18 Å². The Morgan fingerprint density at radius 2 is 2.06 bits per heavy atom. The van der Waals surface area contributed by atoms with E-state index in [2.05, 4.69) is 5.16 Å². The van der Waals surface area contributed by atoms with Crippen molar-refractivity contribution < 1.29 is 23.2 Å². The zero-order chi connectivity index (χ0) is 13.9. The minimum atomic E-state index is -4.57. The van der Waals surface area contributed by atoms with E-state index in [1.807, 2.05) is 5.32 Å². The highest BCUT2D eigenvalue weighted by Crippen LogP contribution is 2.33. The number of amidine groups is 1. The summed E-state index contributed by atoms with van der Waals surface area (Å²) >= 11 is 5.61. The standard InChI is InChI=1S/C9H7ClF3N3O2/c10-5-2-1-4(9(11,12)13)3-6(5)15-8(17)7(14)16-18/h1-3,18H,(H2,14,16)(H,15,17). The molecule has 0 bridgehead atoms. The van der Waals surface area contributed by atoms with Gasteiger partial charge in [0, 0.05) is 0 Å². The summed E-state index contributed by atoms with van der Waals surface area (Å²) in [5, 5.41) is 12.5. The Balaban J connectivity index is 3.06. The zero-order valence-corrected chi connectivity index (χ0v) is 9.38. The second-order valence-electron chi connectivity index (χ2n) is 3.13. The van der Waals surface area contributed by atoms with E-state index in [1.54, 1.807) is 0 Å². The van der Waals surface area contributed by atoms with Crippen molar-refractivity contribution in [2.75, 3.05) is 5.32 Å². The molecular formula is C9H7ClF3N3O2. The molecule has 0 radical (unpaired) electrons. The van der Waals surface area contributed by atoms with Crippen LogP contribution in [-0.4, -0.2) is 17.0 Å². The fraction of sp³-hybridized carbons (Fsp3) is 0.111. The number of rotatable bonds is 1. The molecule has 0 fully saturated rings. The van der Waals surface area contributed by atoms with Gasteiger partial charge in [-0.3, -0.25) is 4.79 Å². The minimum absolute atomic E-state index is 0.109. The van der Waals surface area contributed by atoms with Crippen LogP contribution in [0.15, 0.2) is 23.4 Å². The summed E-state index contributed by atoms with van der Waals surface area (Å²) in [4.78, 5) is 11.2. The van der Waals surface area contributed by atoms with E-state index in [0.29, 0.717) is 6.07 Å². The molecule has 18 heavy (non-hydrogen) atoms. The lowest BCUT2D eigenvalue weighted by atomic mass is 10.2. The second-order valence-corrected chi connectivity index (χ2v) is 3.54. The quantitative estimate of drug-likeness (QED) is 0.318. The molecule has 1 rings (SSSR count). The molecule has 0 saturated heterocycles. The highest BCUT2D eigenvalue weighted by atomic mass is 35.5. The van der Waals surface area contributed by atoms with E-state index in [-0.39, 0.29) is 10.7 Å². The van der Waals surface area contributed by atoms with Crippen molar-refractivity contribution in [1.82, 2.24) is 0 Å². The van der Waals surface area contributed by atoms with Crippen molar-refractivity contribution in [3.8, 4) is 0 Å². The largest absolute Gasteiger partial charge is 0.416 e. The summed E-state index contributed by atoms with van der Waals surface area (Å²) in [5.41, 5.74) is 3.69. The summed E-state index contributed by atoms with van der Waals surface area (Å²) in [7, 11) is 0. The number of nitrogens with two attached hydrogens (primary N) is 1. The molecule has 0 unspecified atom stereocenters. The van der Waals surface area contributed by atoms with Gasteiger partial charge in [-0.05, 0) is 18.2 Å². The summed E-state index contributed by atoms with van der Waals surface area (Å²) in [6.45, 7) is 0. The number of nitrogens with one attached hydrogen (secondary N) is 1. The number of carbonyl (C=O) groups excluding carboxylic acids is 1. The van der Waals surface area contributed by atoms with Crippen LogP contribution in [0, 0.1) is 0 Å². The van der Waals surface area contributed by atoms with Gasteiger partial charge in [0.15, 0.2) is 0 Å². The first kappa shape index (κ1) is 14.1. The summed E-state index contributed by atoms with van der Waals surface area (Å²) in [6, 6.07) is 2.39. The predicted octanol–water partition coefficient (Wildman–Crippen LogP) is 2.04. The summed E-state index contributed by atoms with van der Waals surface area (Å²) in [6.07, 6.45) is -4.57. The molecule has 0 saturated carbocycles. The normalized spacial score (nSPS) is 12.3. The van der Waals surface area contributed by atoms with Crippen LogP contribution in [0.4, 0.5) is 18.9 Å². The lowest BCUT2D eigenvalue weighted by Gasteiger charge is -2.11. The number of anilines is 1. The Morgan fingerprint density at radius 3 is 2.56 bits per heavy atom. The molecule has 0 atom stereocenters. The Bertz CT molecular complexity index is 502. The first-order chi connectivity index (χ1) is 8.25. The van der Waals surface area contributed by atoms with Gasteiger partial charge in [-0.25, -0.2) is 0 Å². The van der Waals surface area contributed by atoms with Crippen molar-refractivity contribution in [1.29, 1.82) is 0 Å². The van der Waals surface area contributed by atoms with E-state index in [4.69, 9.17) is 22.5 Å². The van der Waals surface area contributed by atoms with Gasteiger partial charge < -0.3 is 16.3 Å². The Kier molecular flexibility index (Phi) is 4.02. The molecule has 0 aromatic heterocycles. The highest BCUT2D eigenvalue weighted by molar-refractivity contribution is 6.42. The Hall–Kier alpha value is -1.96. The van der Waals surface area contributed by atoms with Gasteiger partial charge in [-0.15, -0.1) is 0 Å². The Morgan fingerprint density at radius 1 is 1.44 bits per heavy atom. The van der Waals surface area contributed by atoms with E-state index in [9.17, 15) is 18.0 Å². The molecule has 0 aliphatic rings. The van der Waals surface area contributed by atoms with Crippen LogP contribution < -0.4 is 11.1 Å². The number of amides is 1. The van der Waals surface area contributed by atoms with Crippen molar-refractivity contribution in [3.63, 3.8) is 0 Å². The number of hydrogen-bond acceptors (Lipinski definition) is 3. The third kappa shape index (κ3) is 3.27. The fourth-order valence-electron chi connectivity index (χ4n) is 1.03. The van der Waals surface area contributed by atoms with Crippen molar-refractivity contribution >= 4 is 29.0 Å². The molecule has 0 spiro atoms. The molecule has 1 aromatic carbocycles. The predicted molar refractivity (Wildman–Crippen MR) is 58.5 cm³/mol. The number of oxime groups is 1. The molecule has 0 aliphatic heterocycles. The molecule has 4 N–H and O–H groups in total. The molecular weight excluding hydrogens is 275 g/mol. The van der Waals surface area contributed by atoms with Crippen molar-refractivity contribution in [3.05, 3.63) is 28.8 Å². The van der Waals surface area contributed by atoms with Crippen LogP contribution in [0.2, 0.25) is 5.02 Å². The molecule has 9 heteroatoms. The molecule has 98 valence electrons. The van der Waals surface area contributed by atoms with Crippen LogP contribution in [0.3, 0.4) is 0 Å². The molecule has 5 nitrogen and oxygen atoms in total. The van der Waals surface area contributed by atoms with Gasteiger partial charge in [0.25, 0.3) is 5.91 Å². The molecule has 0 heterocycles. The maximum atomic E-state index is 12.4. The van der Waals surface area contributed by atoms with E-state index < -0.39 is 23.5 Å². The monoisotopic (exact) mass is 281 g/mol. The minimum Gasteiger partial charge on any atom is -0.409 e. The number of halogens is 4. The third-order valence-electron chi connectivity index (χ3n) is 1.88. The number of alkyl halides is 3. The maximum absolute atomic E-state index is 12.4. The first-order valence-electron chi connectivity index (χ1n) is 4.41. The van der Waals surface area contributed by atoms with Gasteiger partial charge in [0.1, 0.15) is 0 Å². The lowest BCUT2D eigenvalue weighted by molar-refractivity contribution is -0.137. The average molecular weight is 282 g/mol. The van der Waals surface area contributed by atoms with Crippen molar-refractivity contribution in [2.24, 2.45) is 10.9 Å². The number of hydrogen-bond donors (Lipinski definition) is 3. The zero-order valence-electron chi connectivity index (χ0n) is 8.62. The van der Waals surface area contributed by atoms with E-state index >= 15 is 0 Å². The average Bonchev–Trinajstić information content (AvgIpc) is 2.29. The fourth-order valence-corrected chi connectivity index (χ4v) is 1.19. The lowest BCUT2D eigenvalue weighted by Crippen LogP contribution is -2.30. The van der Waals surface area contributed by atoms with Crippen LogP contribution in [0.25, 0.3) is 0 Å². The smallest absolute Gasteiger partial charge is 0.409 e. The van der Waals surface area contributed by atoms with E-state index in [0.717, 1.165) is 12.1 Å². The summed E-state index contributed by atoms with van der Waals surface area (Å²) < 4.78 is 37.3. The third-order valence-corrected chi connectivity index (χ3v) is 2.21. The topological polar surface area (TPSA) is 87.7 Å². The van der Waals surface area contributed by atoms with Crippen LogP contribution in [0.5, 0.6) is 0 Å². The second kappa shape index (κ2) is 5.13. The Labute approximate surface area is 104 Å². The molecule has 0 aliphatic carbocycles. The first-order valence-corrected chi connectivity index (χ1v) is 4.79. The van der Waals surface area contributed by atoms with E-state index in [1.165, 1.54) is 0 Å². The highest BCUT2D eigenvalue weighted by Gasteiger charge is 2.31. The van der Waals surface area contributed by atoms with Crippen LogP contribution in [-0.2, 0) is 11.0 Å². The van der Waals surface area contributed by atoms with Gasteiger partial charge in [0.05, 0.1) is 16.3 Å². The number of benzene rings is 1. The molecule has 1 aromatic rings. The van der Waals surface area contributed by atoms with Gasteiger partial charge in [-0.1, -0.05) is 16.8 Å². The maximum Gasteiger partial charge on any atom is 0.416 e. The summed E-state index contributed by atoms with van der Waals surface area (Å²) in [5.74, 6) is -1.87. The number of carbonyl (C=O) groups is 1.